The lowest BCUT2D eigenvalue weighted by Crippen LogP contribution is -2.49. The van der Waals surface area contributed by atoms with Gasteiger partial charge in [0.25, 0.3) is 0 Å². The van der Waals surface area contributed by atoms with Crippen molar-refractivity contribution in [2.24, 2.45) is 0 Å². The van der Waals surface area contributed by atoms with Gasteiger partial charge in [0.1, 0.15) is 5.75 Å². The molecule has 1 saturated heterocycles. The summed E-state index contributed by atoms with van der Waals surface area (Å²) in [6.45, 7) is 3.17. The van der Waals surface area contributed by atoms with Crippen LogP contribution in [0.25, 0.3) is 0 Å². The number of carbonyl (C=O) groups excluding carboxylic acids is 2. The Morgan fingerprint density at radius 3 is 2.44 bits per heavy atom. The molecule has 2 aromatic rings. The number of carbonyl (C=O) groups is 2. The molecule has 1 aliphatic heterocycles. The number of rotatable bonds is 6. The van der Waals surface area contributed by atoms with E-state index < -0.39 is 0 Å². The first kappa shape index (κ1) is 18.9. The Hall–Kier alpha value is -2.86. The zero-order chi connectivity index (χ0) is 19.2. The van der Waals surface area contributed by atoms with Gasteiger partial charge in [-0.15, -0.1) is 0 Å². The summed E-state index contributed by atoms with van der Waals surface area (Å²) in [4.78, 5) is 28.0. The average molecular weight is 368 g/mol. The van der Waals surface area contributed by atoms with E-state index >= 15 is 0 Å². The molecule has 0 aliphatic carbocycles. The maximum absolute atomic E-state index is 12.5. The Kier molecular flexibility index (Phi) is 6.08. The number of hydrogen-bond donors (Lipinski definition) is 0. The van der Waals surface area contributed by atoms with Crippen molar-refractivity contribution in [1.82, 2.24) is 9.80 Å². The second kappa shape index (κ2) is 8.68. The van der Waals surface area contributed by atoms with Gasteiger partial charge in [0.15, 0.2) is 0 Å². The molecule has 6 heteroatoms. The van der Waals surface area contributed by atoms with Crippen molar-refractivity contribution in [3.05, 3.63) is 65.2 Å². The van der Waals surface area contributed by atoms with Crippen LogP contribution in [0.15, 0.2) is 48.5 Å². The fourth-order valence-corrected chi connectivity index (χ4v) is 3.17. The summed E-state index contributed by atoms with van der Waals surface area (Å²) in [5.74, 6) is 0.576. The Morgan fingerprint density at radius 2 is 1.78 bits per heavy atom. The maximum Gasteiger partial charge on any atom is 0.337 e. The molecule has 2 aromatic carbocycles. The summed E-state index contributed by atoms with van der Waals surface area (Å²) >= 11 is 0. The van der Waals surface area contributed by atoms with Gasteiger partial charge in [-0.3, -0.25) is 9.69 Å². The molecule has 1 fully saturated rings. The Labute approximate surface area is 159 Å². The van der Waals surface area contributed by atoms with Crippen LogP contribution in [0, 0.1) is 0 Å². The topological polar surface area (TPSA) is 59.1 Å². The summed E-state index contributed by atoms with van der Waals surface area (Å²) < 4.78 is 9.95. The molecule has 0 spiro atoms. The summed E-state index contributed by atoms with van der Waals surface area (Å²) in [5.41, 5.74) is 2.66. The molecule has 0 atom stereocenters. The minimum atomic E-state index is -0.345. The molecule has 142 valence electrons. The van der Waals surface area contributed by atoms with Gasteiger partial charge in [-0.2, -0.15) is 0 Å². The highest BCUT2D eigenvalue weighted by molar-refractivity contribution is 5.89. The van der Waals surface area contributed by atoms with E-state index in [0.29, 0.717) is 31.7 Å². The van der Waals surface area contributed by atoms with Gasteiger partial charge >= 0.3 is 5.97 Å². The molecule has 0 bridgehead atoms. The van der Waals surface area contributed by atoms with Crippen LogP contribution in [0.2, 0.25) is 0 Å². The van der Waals surface area contributed by atoms with E-state index in [1.54, 1.807) is 19.2 Å². The molecule has 0 radical (unpaired) electrons. The third-order valence-corrected chi connectivity index (χ3v) is 4.69. The second-order valence-corrected chi connectivity index (χ2v) is 6.57. The van der Waals surface area contributed by atoms with Crippen molar-refractivity contribution in [3.63, 3.8) is 0 Å². The van der Waals surface area contributed by atoms with Crippen molar-refractivity contribution < 1.29 is 19.1 Å². The van der Waals surface area contributed by atoms with Gasteiger partial charge in [-0.1, -0.05) is 24.3 Å². The lowest BCUT2D eigenvalue weighted by atomic mass is 10.1. The highest BCUT2D eigenvalue weighted by Gasteiger charge is 2.24. The van der Waals surface area contributed by atoms with Crippen molar-refractivity contribution >= 4 is 11.9 Å². The van der Waals surface area contributed by atoms with Gasteiger partial charge in [0.2, 0.25) is 5.91 Å². The number of esters is 1. The number of ether oxygens (including phenoxy) is 2. The van der Waals surface area contributed by atoms with Crippen molar-refractivity contribution in [3.8, 4) is 5.75 Å². The molecule has 1 aliphatic rings. The molecule has 0 aromatic heterocycles. The van der Waals surface area contributed by atoms with Crippen LogP contribution in [-0.2, 0) is 22.6 Å². The smallest absolute Gasteiger partial charge is 0.337 e. The van der Waals surface area contributed by atoms with E-state index in [-0.39, 0.29) is 11.9 Å². The molecular formula is C21H24N2O4. The summed E-state index contributed by atoms with van der Waals surface area (Å²) in [6, 6.07) is 15.1. The van der Waals surface area contributed by atoms with Gasteiger partial charge in [0, 0.05) is 26.2 Å². The van der Waals surface area contributed by atoms with Crippen LogP contribution < -0.4 is 4.74 Å². The first-order chi connectivity index (χ1) is 13.1. The second-order valence-electron chi connectivity index (χ2n) is 6.57. The Bertz CT molecular complexity index is 804. The zero-order valence-electron chi connectivity index (χ0n) is 15.7. The average Bonchev–Trinajstić information content (AvgIpc) is 2.70. The van der Waals surface area contributed by atoms with E-state index in [1.807, 2.05) is 41.3 Å². The molecule has 0 saturated carbocycles. The molecule has 0 unspecified atom stereocenters. The minimum absolute atomic E-state index is 0.121. The zero-order valence-corrected chi connectivity index (χ0v) is 15.7. The number of amides is 1. The van der Waals surface area contributed by atoms with Crippen LogP contribution in [0.5, 0.6) is 5.75 Å². The standard InChI is InChI=1S/C21H24N2O4/c1-26-19-5-3-4-17(12-19)14-23-11-10-22(15-20(23)24)13-16-6-8-18(9-7-16)21(25)27-2/h3-9,12H,10-11,13-15H2,1-2H3. The number of nitrogens with zero attached hydrogens (tertiary/aromatic N) is 2. The van der Waals surface area contributed by atoms with Crippen LogP contribution in [0.1, 0.15) is 21.5 Å². The molecular weight excluding hydrogens is 344 g/mol. The van der Waals surface area contributed by atoms with Gasteiger partial charge in [0.05, 0.1) is 26.3 Å². The monoisotopic (exact) mass is 368 g/mol. The fraction of sp³-hybridized carbons (Fsp3) is 0.333. The molecule has 1 heterocycles. The Balaban J connectivity index is 1.55. The lowest BCUT2D eigenvalue weighted by molar-refractivity contribution is -0.136. The summed E-state index contributed by atoms with van der Waals surface area (Å²) in [7, 11) is 3.01. The number of methoxy groups -OCH3 is 2. The third kappa shape index (κ3) is 4.86. The van der Waals surface area contributed by atoms with Gasteiger partial charge in [-0.25, -0.2) is 4.79 Å². The first-order valence-electron chi connectivity index (χ1n) is 8.89. The van der Waals surface area contributed by atoms with Crippen LogP contribution in [0.4, 0.5) is 0 Å². The molecule has 1 amide bonds. The van der Waals surface area contributed by atoms with Crippen LogP contribution in [-0.4, -0.2) is 55.5 Å². The SMILES string of the molecule is COC(=O)c1ccc(CN2CCN(Cc3cccc(OC)c3)C(=O)C2)cc1. The highest BCUT2D eigenvalue weighted by Crippen LogP contribution is 2.17. The Morgan fingerprint density at radius 1 is 1.00 bits per heavy atom. The quantitative estimate of drug-likeness (QED) is 0.733. The first-order valence-corrected chi connectivity index (χ1v) is 8.89. The third-order valence-electron chi connectivity index (χ3n) is 4.69. The number of benzene rings is 2. The largest absolute Gasteiger partial charge is 0.497 e. The predicted molar refractivity (Wildman–Crippen MR) is 101 cm³/mol. The molecule has 3 rings (SSSR count). The van der Waals surface area contributed by atoms with E-state index in [4.69, 9.17) is 9.47 Å². The van der Waals surface area contributed by atoms with E-state index in [9.17, 15) is 9.59 Å². The lowest BCUT2D eigenvalue weighted by Gasteiger charge is -2.34. The molecule has 6 nitrogen and oxygen atoms in total. The molecule has 0 N–H and O–H groups in total. The van der Waals surface area contributed by atoms with Crippen LogP contribution >= 0.6 is 0 Å². The minimum Gasteiger partial charge on any atom is -0.497 e. The van der Waals surface area contributed by atoms with Gasteiger partial charge < -0.3 is 14.4 Å². The normalized spacial score (nSPS) is 14.9. The predicted octanol–water partition coefficient (Wildman–Crippen LogP) is 2.33. The van der Waals surface area contributed by atoms with Crippen LogP contribution in [0.3, 0.4) is 0 Å². The van der Waals surface area contributed by atoms with E-state index in [1.165, 1.54) is 7.11 Å². The number of piperazine rings is 1. The van der Waals surface area contributed by atoms with Crippen molar-refractivity contribution in [2.45, 2.75) is 13.1 Å². The van der Waals surface area contributed by atoms with Crippen molar-refractivity contribution in [1.29, 1.82) is 0 Å². The van der Waals surface area contributed by atoms with E-state index in [0.717, 1.165) is 23.4 Å². The van der Waals surface area contributed by atoms with Gasteiger partial charge in [-0.05, 0) is 35.4 Å². The summed E-state index contributed by atoms with van der Waals surface area (Å²) in [6.07, 6.45) is 0. The van der Waals surface area contributed by atoms with E-state index in [2.05, 4.69) is 4.90 Å². The maximum atomic E-state index is 12.5. The van der Waals surface area contributed by atoms with Crippen molar-refractivity contribution in [2.75, 3.05) is 33.9 Å². The highest BCUT2D eigenvalue weighted by atomic mass is 16.5. The fourth-order valence-electron chi connectivity index (χ4n) is 3.17. The molecule has 27 heavy (non-hydrogen) atoms. The number of hydrogen-bond acceptors (Lipinski definition) is 5. The summed E-state index contributed by atoms with van der Waals surface area (Å²) in [5, 5.41) is 0.